The number of carbonyl (C=O) groups is 2. The molecule has 1 aromatic carbocycles. The summed E-state index contributed by atoms with van der Waals surface area (Å²) in [6.07, 6.45) is 2.47. The van der Waals surface area contributed by atoms with Crippen molar-refractivity contribution in [3.63, 3.8) is 0 Å². The van der Waals surface area contributed by atoms with Crippen LogP contribution in [0.15, 0.2) is 35.8 Å². The molecule has 0 spiro atoms. The highest BCUT2D eigenvalue weighted by Crippen LogP contribution is 2.13. The Bertz CT molecular complexity index is 636. The van der Waals surface area contributed by atoms with Gasteiger partial charge in [-0.15, -0.1) is 11.3 Å². The van der Waals surface area contributed by atoms with E-state index in [1.54, 1.807) is 34.6 Å². The lowest BCUT2D eigenvalue weighted by atomic mass is 10.1. The standard InChI is InChI=1S/C16H18N2O3S/c1-11(2)18(9-7-14-17-8-10-22-14)15(19)12-3-5-13(6-4-12)16(20)21/h3-6,8,10-11H,7,9H2,1-2H3,(H,20,21). The second-order valence-electron chi connectivity index (χ2n) is 5.15. The summed E-state index contributed by atoms with van der Waals surface area (Å²) < 4.78 is 0. The van der Waals surface area contributed by atoms with Crippen LogP contribution in [0.4, 0.5) is 0 Å². The van der Waals surface area contributed by atoms with Gasteiger partial charge in [0.05, 0.1) is 10.6 Å². The first-order chi connectivity index (χ1) is 10.5. The molecule has 5 nitrogen and oxygen atoms in total. The molecule has 0 bridgehead atoms. The van der Waals surface area contributed by atoms with E-state index in [-0.39, 0.29) is 17.5 Å². The zero-order chi connectivity index (χ0) is 16.1. The van der Waals surface area contributed by atoms with Crippen molar-refractivity contribution in [1.82, 2.24) is 9.88 Å². The lowest BCUT2D eigenvalue weighted by Crippen LogP contribution is -2.38. The second kappa shape index (κ2) is 7.17. The molecule has 0 saturated heterocycles. The fraction of sp³-hybridized carbons (Fsp3) is 0.312. The van der Waals surface area contributed by atoms with Gasteiger partial charge in [-0.3, -0.25) is 4.79 Å². The summed E-state index contributed by atoms with van der Waals surface area (Å²) in [5.41, 5.74) is 0.674. The molecule has 0 aliphatic carbocycles. The number of benzene rings is 1. The first-order valence-corrected chi connectivity index (χ1v) is 7.89. The van der Waals surface area contributed by atoms with E-state index in [1.807, 2.05) is 19.2 Å². The maximum absolute atomic E-state index is 12.6. The van der Waals surface area contributed by atoms with Crippen LogP contribution in [0.2, 0.25) is 0 Å². The van der Waals surface area contributed by atoms with E-state index in [0.29, 0.717) is 12.1 Å². The molecule has 6 heteroatoms. The highest BCUT2D eigenvalue weighted by Gasteiger charge is 2.19. The van der Waals surface area contributed by atoms with Gasteiger partial charge in [-0.25, -0.2) is 9.78 Å². The summed E-state index contributed by atoms with van der Waals surface area (Å²) in [6, 6.07) is 6.09. The van der Waals surface area contributed by atoms with E-state index in [4.69, 9.17) is 5.11 Å². The monoisotopic (exact) mass is 318 g/mol. The average molecular weight is 318 g/mol. The maximum Gasteiger partial charge on any atom is 0.335 e. The van der Waals surface area contributed by atoms with Crippen LogP contribution >= 0.6 is 11.3 Å². The third kappa shape index (κ3) is 3.92. The third-order valence-corrected chi connectivity index (χ3v) is 4.15. The zero-order valence-electron chi connectivity index (χ0n) is 12.5. The molecule has 0 atom stereocenters. The van der Waals surface area contributed by atoms with Gasteiger partial charge in [0.2, 0.25) is 0 Å². The highest BCUT2D eigenvalue weighted by atomic mass is 32.1. The molecular weight excluding hydrogens is 300 g/mol. The third-order valence-electron chi connectivity index (χ3n) is 3.31. The number of aromatic nitrogens is 1. The number of hydrogen-bond acceptors (Lipinski definition) is 4. The molecular formula is C16H18N2O3S. The number of carboxylic acid groups (broad SMARTS) is 1. The van der Waals surface area contributed by atoms with E-state index < -0.39 is 5.97 Å². The molecule has 2 aromatic rings. The van der Waals surface area contributed by atoms with Crippen molar-refractivity contribution in [2.45, 2.75) is 26.3 Å². The van der Waals surface area contributed by atoms with E-state index in [0.717, 1.165) is 11.4 Å². The highest BCUT2D eigenvalue weighted by molar-refractivity contribution is 7.09. The number of rotatable bonds is 6. The molecule has 116 valence electrons. The molecule has 1 aromatic heterocycles. The number of hydrogen-bond donors (Lipinski definition) is 1. The molecule has 1 heterocycles. The van der Waals surface area contributed by atoms with Crippen LogP contribution in [0.1, 0.15) is 39.6 Å². The Labute approximate surface area is 133 Å². The summed E-state index contributed by atoms with van der Waals surface area (Å²) in [5, 5.41) is 11.8. The average Bonchev–Trinajstić information content (AvgIpc) is 3.00. The first-order valence-electron chi connectivity index (χ1n) is 7.01. The Kier molecular flexibility index (Phi) is 5.27. The second-order valence-corrected chi connectivity index (χ2v) is 6.13. The fourth-order valence-electron chi connectivity index (χ4n) is 2.11. The van der Waals surface area contributed by atoms with E-state index >= 15 is 0 Å². The summed E-state index contributed by atoms with van der Waals surface area (Å²) in [4.78, 5) is 29.4. The quantitative estimate of drug-likeness (QED) is 0.889. The van der Waals surface area contributed by atoms with Crippen LogP contribution in [-0.2, 0) is 6.42 Å². The Hall–Kier alpha value is -2.21. The Morgan fingerprint density at radius 3 is 2.36 bits per heavy atom. The summed E-state index contributed by atoms with van der Waals surface area (Å²) in [5.74, 6) is -1.09. The number of aromatic carboxylic acids is 1. The number of carbonyl (C=O) groups excluding carboxylic acids is 1. The van der Waals surface area contributed by atoms with Crippen molar-refractivity contribution in [1.29, 1.82) is 0 Å². The van der Waals surface area contributed by atoms with Crippen molar-refractivity contribution >= 4 is 23.2 Å². The first kappa shape index (κ1) is 16.2. The summed E-state index contributed by atoms with van der Waals surface area (Å²) in [6.45, 7) is 4.52. The molecule has 1 N–H and O–H groups in total. The molecule has 0 saturated carbocycles. The smallest absolute Gasteiger partial charge is 0.335 e. The van der Waals surface area contributed by atoms with Gasteiger partial charge in [0.15, 0.2) is 0 Å². The van der Waals surface area contributed by atoms with Gasteiger partial charge in [-0.05, 0) is 38.1 Å². The van der Waals surface area contributed by atoms with Crippen molar-refractivity contribution in [3.05, 3.63) is 52.0 Å². The molecule has 1 amide bonds. The normalized spacial score (nSPS) is 10.7. The molecule has 0 fully saturated rings. The molecule has 0 aliphatic heterocycles. The summed E-state index contributed by atoms with van der Waals surface area (Å²) in [7, 11) is 0. The van der Waals surface area contributed by atoms with Crippen LogP contribution in [0.5, 0.6) is 0 Å². The minimum atomic E-state index is -0.997. The molecule has 0 aliphatic rings. The zero-order valence-corrected chi connectivity index (χ0v) is 13.3. The van der Waals surface area contributed by atoms with Gasteiger partial charge in [-0.1, -0.05) is 0 Å². The van der Waals surface area contributed by atoms with Crippen LogP contribution in [0, 0.1) is 0 Å². The Morgan fingerprint density at radius 1 is 1.23 bits per heavy atom. The fourth-order valence-corrected chi connectivity index (χ4v) is 2.72. The molecule has 0 radical (unpaired) electrons. The van der Waals surface area contributed by atoms with Gasteiger partial charge in [0, 0.05) is 36.1 Å². The number of thiazole rings is 1. The maximum atomic E-state index is 12.6. The minimum Gasteiger partial charge on any atom is -0.478 e. The van der Waals surface area contributed by atoms with Gasteiger partial charge < -0.3 is 10.0 Å². The van der Waals surface area contributed by atoms with Crippen molar-refractivity contribution < 1.29 is 14.7 Å². The predicted molar refractivity (Wildman–Crippen MR) is 85.4 cm³/mol. The van der Waals surface area contributed by atoms with Crippen LogP contribution in [0.25, 0.3) is 0 Å². The SMILES string of the molecule is CC(C)N(CCc1nccs1)C(=O)c1ccc(C(=O)O)cc1. The van der Waals surface area contributed by atoms with Crippen molar-refractivity contribution in [2.24, 2.45) is 0 Å². The molecule has 0 unspecified atom stereocenters. The Morgan fingerprint density at radius 2 is 1.86 bits per heavy atom. The van der Waals surface area contributed by atoms with Gasteiger partial charge in [-0.2, -0.15) is 0 Å². The van der Waals surface area contributed by atoms with Crippen LogP contribution in [-0.4, -0.2) is 39.5 Å². The number of amides is 1. The van der Waals surface area contributed by atoms with E-state index in [2.05, 4.69) is 4.98 Å². The van der Waals surface area contributed by atoms with Crippen molar-refractivity contribution in [2.75, 3.05) is 6.54 Å². The number of nitrogens with zero attached hydrogens (tertiary/aromatic N) is 2. The number of carboxylic acids is 1. The van der Waals surface area contributed by atoms with E-state index in [9.17, 15) is 9.59 Å². The van der Waals surface area contributed by atoms with Crippen LogP contribution < -0.4 is 0 Å². The van der Waals surface area contributed by atoms with Crippen LogP contribution in [0.3, 0.4) is 0 Å². The Balaban J connectivity index is 2.10. The molecule has 2 rings (SSSR count). The lowest BCUT2D eigenvalue weighted by molar-refractivity contribution is 0.0687. The van der Waals surface area contributed by atoms with Crippen molar-refractivity contribution in [3.8, 4) is 0 Å². The van der Waals surface area contributed by atoms with Gasteiger partial charge in [0.1, 0.15) is 0 Å². The summed E-state index contributed by atoms with van der Waals surface area (Å²) >= 11 is 1.57. The predicted octanol–water partition coefficient (Wildman–Crippen LogP) is 2.93. The van der Waals surface area contributed by atoms with E-state index in [1.165, 1.54) is 12.1 Å². The minimum absolute atomic E-state index is 0.0617. The van der Waals surface area contributed by atoms with Gasteiger partial charge >= 0.3 is 5.97 Å². The van der Waals surface area contributed by atoms with Gasteiger partial charge in [0.25, 0.3) is 5.91 Å². The lowest BCUT2D eigenvalue weighted by Gasteiger charge is -2.26. The topological polar surface area (TPSA) is 70.5 Å². The molecule has 22 heavy (non-hydrogen) atoms. The largest absolute Gasteiger partial charge is 0.478 e.